The van der Waals surface area contributed by atoms with Crippen molar-refractivity contribution in [1.82, 2.24) is 14.8 Å². The normalized spacial score (nSPS) is 11.3. The Morgan fingerprint density at radius 3 is 2.94 bits per heavy atom. The van der Waals surface area contributed by atoms with Crippen LogP contribution in [0.1, 0.15) is 24.6 Å². The van der Waals surface area contributed by atoms with E-state index in [0.29, 0.717) is 6.54 Å². The maximum atomic E-state index is 5.69. The van der Waals surface area contributed by atoms with Crippen molar-refractivity contribution in [2.24, 2.45) is 5.73 Å². The molecular formula is C13H20N4O. The molecule has 0 amide bonds. The van der Waals surface area contributed by atoms with Crippen LogP contribution in [0, 0.1) is 0 Å². The molecule has 5 heteroatoms. The number of nitrogens with zero attached hydrogens (tertiary/aromatic N) is 3. The van der Waals surface area contributed by atoms with Crippen LogP contribution in [0.5, 0.6) is 0 Å². The van der Waals surface area contributed by atoms with Crippen LogP contribution in [-0.4, -0.2) is 28.5 Å². The number of nitrogens with two attached hydrogens (primary N) is 1. The maximum Gasteiger partial charge on any atom is 0.158 e. The molecule has 0 fully saturated rings. The second-order valence-electron chi connectivity index (χ2n) is 4.28. The predicted molar refractivity (Wildman–Crippen MR) is 71.3 cm³/mol. The summed E-state index contributed by atoms with van der Waals surface area (Å²) in [5, 5.41) is 5.54. The molecule has 2 aromatic heterocycles. The van der Waals surface area contributed by atoms with E-state index in [-0.39, 0.29) is 0 Å². The zero-order valence-electron chi connectivity index (χ0n) is 11.0. The number of fused-ring (bicyclic) bond motifs is 1. The SMILES string of the molecule is CCc1cc(CN)nc2c1cnn2CCCOC. The highest BCUT2D eigenvalue weighted by Gasteiger charge is 2.09. The Kier molecular flexibility index (Phi) is 4.28. The lowest BCUT2D eigenvalue weighted by Gasteiger charge is -2.06. The quantitative estimate of drug-likeness (QED) is 0.786. The van der Waals surface area contributed by atoms with Gasteiger partial charge in [-0.2, -0.15) is 5.10 Å². The maximum absolute atomic E-state index is 5.69. The average molecular weight is 248 g/mol. The van der Waals surface area contributed by atoms with Crippen molar-refractivity contribution in [3.8, 4) is 0 Å². The topological polar surface area (TPSA) is 66.0 Å². The Morgan fingerprint density at radius 1 is 1.44 bits per heavy atom. The van der Waals surface area contributed by atoms with Gasteiger partial charge in [-0.05, 0) is 24.5 Å². The molecule has 2 heterocycles. The summed E-state index contributed by atoms with van der Waals surface area (Å²) in [6.45, 7) is 4.16. The lowest BCUT2D eigenvalue weighted by Crippen LogP contribution is -2.06. The number of pyridine rings is 1. The van der Waals surface area contributed by atoms with Gasteiger partial charge in [-0.1, -0.05) is 6.92 Å². The molecule has 0 spiro atoms. The second-order valence-corrected chi connectivity index (χ2v) is 4.28. The fraction of sp³-hybridized carbons (Fsp3) is 0.538. The second kappa shape index (κ2) is 5.93. The summed E-state index contributed by atoms with van der Waals surface area (Å²) in [4.78, 5) is 4.58. The van der Waals surface area contributed by atoms with Crippen LogP contribution in [0.15, 0.2) is 12.3 Å². The van der Waals surface area contributed by atoms with Crippen LogP contribution in [-0.2, 0) is 24.2 Å². The Hall–Kier alpha value is -1.46. The Labute approximate surface area is 107 Å². The zero-order chi connectivity index (χ0) is 13.0. The number of hydrogen-bond acceptors (Lipinski definition) is 4. The predicted octanol–water partition coefficient (Wildman–Crippen LogP) is 1.49. The van der Waals surface area contributed by atoms with Gasteiger partial charge in [-0.25, -0.2) is 9.67 Å². The zero-order valence-corrected chi connectivity index (χ0v) is 11.0. The largest absolute Gasteiger partial charge is 0.385 e. The van der Waals surface area contributed by atoms with Gasteiger partial charge in [0, 0.05) is 32.2 Å². The van der Waals surface area contributed by atoms with E-state index in [9.17, 15) is 0 Å². The minimum absolute atomic E-state index is 0.464. The van der Waals surface area contributed by atoms with Crippen molar-refractivity contribution < 1.29 is 4.74 Å². The smallest absolute Gasteiger partial charge is 0.158 e. The van der Waals surface area contributed by atoms with Gasteiger partial charge in [0.25, 0.3) is 0 Å². The molecule has 5 nitrogen and oxygen atoms in total. The van der Waals surface area contributed by atoms with Gasteiger partial charge >= 0.3 is 0 Å². The highest BCUT2D eigenvalue weighted by atomic mass is 16.5. The Balaban J connectivity index is 2.37. The van der Waals surface area contributed by atoms with E-state index in [1.54, 1.807) is 7.11 Å². The molecule has 0 aliphatic rings. The van der Waals surface area contributed by atoms with Crippen LogP contribution >= 0.6 is 0 Å². The molecule has 0 saturated carbocycles. The van der Waals surface area contributed by atoms with E-state index < -0.39 is 0 Å². The average Bonchev–Trinajstić information content (AvgIpc) is 2.81. The molecule has 0 aliphatic heterocycles. The first-order valence-electron chi connectivity index (χ1n) is 6.33. The fourth-order valence-electron chi connectivity index (χ4n) is 2.09. The third kappa shape index (κ3) is 2.52. The van der Waals surface area contributed by atoms with Gasteiger partial charge < -0.3 is 10.5 Å². The molecule has 0 aromatic carbocycles. The van der Waals surface area contributed by atoms with E-state index in [2.05, 4.69) is 23.1 Å². The number of aryl methyl sites for hydroxylation is 2. The van der Waals surface area contributed by atoms with Crippen LogP contribution < -0.4 is 5.73 Å². The number of methoxy groups -OCH3 is 1. The van der Waals surface area contributed by atoms with Crippen molar-refractivity contribution >= 4 is 11.0 Å². The van der Waals surface area contributed by atoms with Crippen molar-refractivity contribution in [3.05, 3.63) is 23.5 Å². The summed E-state index contributed by atoms with van der Waals surface area (Å²) in [7, 11) is 1.71. The monoisotopic (exact) mass is 248 g/mol. The van der Waals surface area contributed by atoms with E-state index in [0.717, 1.165) is 42.7 Å². The van der Waals surface area contributed by atoms with E-state index in [1.165, 1.54) is 5.56 Å². The van der Waals surface area contributed by atoms with E-state index in [1.807, 2.05) is 10.9 Å². The van der Waals surface area contributed by atoms with Crippen molar-refractivity contribution in [1.29, 1.82) is 0 Å². The highest BCUT2D eigenvalue weighted by Crippen LogP contribution is 2.19. The van der Waals surface area contributed by atoms with Gasteiger partial charge in [0.05, 0.1) is 11.9 Å². The summed E-state index contributed by atoms with van der Waals surface area (Å²) in [5.41, 5.74) is 8.82. The third-order valence-corrected chi connectivity index (χ3v) is 3.06. The number of rotatable bonds is 6. The molecule has 2 rings (SSSR count). The first kappa shape index (κ1) is 13.0. The standard InChI is InChI=1S/C13H20N4O/c1-3-10-7-11(8-14)16-13-12(10)9-15-17(13)5-4-6-18-2/h7,9H,3-6,8,14H2,1-2H3. The van der Waals surface area contributed by atoms with Crippen molar-refractivity contribution in [2.45, 2.75) is 32.9 Å². The van der Waals surface area contributed by atoms with Crippen LogP contribution in [0.2, 0.25) is 0 Å². The van der Waals surface area contributed by atoms with Crippen molar-refractivity contribution in [2.75, 3.05) is 13.7 Å². The van der Waals surface area contributed by atoms with E-state index >= 15 is 0 Å². The minimum Gasteiger partial charge on any atom is -0.385 e. The summed E-state index contributed by atoms with van der Waals surface area (Å²) in [6, 6.07) is 2.07. The molecule has 98 valence electrons. The lowest BCUT2D eigenvalue weighted by atomic mass is 10.1. The summed E-state index contributed by atoms with van der Waals surface area (Å²) in [5.74, 6) is 0. The molecule has 2 N–H and O–H groups in total. The molecule has 0 atom stereocenters. The number of hydrogen-bond donors (Lipinski definition) is 1. The van der Waals surface area contributed by atoms with Crippen LogP contribution in [0.3, 0.4) is 0 Å². The fourth-order valence-corrected chi connectivity index (χ4v) is 2.09. The van der Waals surface area contributed by atoms with Gasteiger partial charge in [0.2, 0.25) is 0 Å². The van der Waals surface area contributed by atoms with Crippen LogP contribution in [0.25, 0.3) is 11.0 Å². The van der Waals surface area contributed by atoms with Gasteiger partial charge in [-0.3, -0.25) is 0 Å². The third-order valence-electron chi connectivity index (χ3n) is 3.06. The molecule has 18 heavy (non-hydrogen) atoms. The van der Waals surface area contributed by atoms with E-state index in [4.69, 9.17) is 10.5 Å². The molecule has 0 saturated heterocycles. The minimum atomic E-state index is 0.464. The molecule has 0 unspecified atom stereocenters. The molecular weight excluding hydrogens is 228 g/mol. The molecule has 2 aromatic rings. The molecule has 0 aliphatic carbocycles. The summed E-state index contributed by atoms with van der Waals surface area (Å²) in [6.07, 6.45) is 3.80. The summed E-state index contributed by atoms with van der Waals surface area (Å²) < 4.78 is 7.00. The Bertz CT molecular complexity index is 521. The van der Waals surface area contributed by atoms with Crippen LogP contribution in [0.4, 0.5) is 0 Å². The van der Waals surface area contributed by atoms with Crippen molar-refractivity contribution in [3.63, 3.8) is 0 Å². The van der Waals surface area contributed by atoms with Gasteiger partial charge in [0.15, 0.2) is 5.65 Å². The molecule has 0 bridgehead atoms. The summed E-state index contributed by atoms with van der Waals surface area (Å²) >= 11 is 0. The Morgan fingerprint density at radius 2 is 2.28 bits per heavy atom. The molecule has 0 radical (unpaired) electrons. The first-order valence-corrected chi connectivity index (χ1v) is 6.33. The van der Waals surface area contributed by atoms with Gasteiger partial charge in [0.1, 0.15) is 0 Å². The highest BCUT2D eigenvalue weighted by molar-refractivity contribution is 5.79. The van der Waals surface area contributed by atoms with Gasteiger partial charge in [-0.15, -0.1) is 0 Å². The number of ether oxygens (including phenoxy) is 1. The first-order chi connectivity index (χ1) is 8.80. The number of aromatic nitrogens is 3. The lowest BCUT2D eigenvalue weighted by molar-refractivity contribution is 0.189.